The molecule has 1 aromatic carbocycles. The van der Waals surface area contributed by atoms with Gasteiger partial charge in [-0.15, -0.1) is 11.6 Å². The van der Waals surface area contributed by atoms with Crippen molar-refractivity contribution in [1.29, 1.82) is 0 Å². The number of halogens is 1. The van der Waals surface area contributed by atoms with Crippen molar-refractivity contribution in [2.45, 2.75) is 25.6 Å². The molecule has 0 spiro atoms. The molecule has 1 rings (SSSR count). The standard InChI is InChI=1S/C11H13ClO/c1-8-3-4-10(6-12)5-11(8)9(2)7-13/h3-5,7,9H,6H2,1-2H3. The lowest BCUT2D eigenvalue weighted by atomic mass is 9.96. The molecule has 0 saturated heterocycles. The summed E-state index contributed by atoms with van der Waals surface area (Å²) < 4.78 is 0. The summed E-state index contributed by atoms with van der Waals surface area (Å²) in [5.74, 6) is 0.460. The third kappa shape index (κ3) is 2.31. The lowest BCUT2D eigenvalue weighted by Crippen LogP contribution is -1.98. The fourth-order valence-corrected chi connectivity index (χ4v) is 1.50. The summed E-state index contributed by atoms with van der Waals surface area (Å²) in [5, 5.41) is 0. The first-order chi connectivity index (χ1) is 6.19. The van der Waals surface area contributed by atoms with Crippen LogP contribution in [0.5, 0.6) is 0 Å². The first kappa shape index (κ1) is 10.3. The molecule has 0 aliphatic heterocycles. The van der Waals surface area contributed by atoms with Gasteiger partial charge in [-0.2, -0.15) is 0 Å². The van der Waals surface area contributed by atoms with Crippen molar-refractivity contribution >= 4 is 17.9 Å². The zero-order valence-corrected chi connectivity index (χ0v) is 8.64. The van der Waals surface area contributed by atoms with Crippen molar-refractivity contribution in [3.05, 3.63) is 34.9 Å². The van der Waals surface area contributed by atoms with Crippen LogP contribution in [0.1, 0.15) is 29.5 Å². The summed E-state index contributed by atoms with van der Waals surface area (Å²) in [6, 6.07) is 6.00. The highest BCUT2D eigenvalue weighted by Gasteiger charge is 2.07. The Morgan fingerprint density at radius 3 is 2.77 bits per heavy atom. The maximum atomic E-state index is 10.6. The Bertz CT molecular complexity index is 307. The second-order valence-corrected chi connectivity index (χ2v) is 3.52. The van der Waals surface area contributed by atoms with E-state index in [1.807, 2.05) is 32.0 Å². The number of alkyl halides is 1. The normalized spacial score (nSPS) is 12.5. The van der Waals surface area contributed by atoms with Crippen LogP contribution in [0, 0.1) is 6.92 Å². The predicted molar refractivity (Wildman–Crippen MR) is 55.2 cm³/mol. The van der Waals surface area contributed by atoms with Crippen molar-refractivity contribution in [2.75, 3.05) is 0 Å². The Balaban J connectivity index is 3.10. The van der Waals surface area contributed by atoms with Crippen molar-refractivity contribution in [3.63, 3.8) is 0 Å². The molecule has 0 bridgehead atoms. The van der Waals surface area contributed by atoms with Crippen molar-refractivity contribution in [1.82, 2.24) is 0 Å². The summed E-state index contributed by atoms with van der Waals surface area (Å²) >= 11 is 5.71. The van der Waals surface area contributed by atoms with Crippen LogP contribution in [0.25, 0.3) is 0 Å². The Hall–Kier alpha value is -0.820. The second-order valence-electron chi connectivity index (χ2n) is 3.25. The molecule has 70 valence electrons. The van der Waals surface area contributed by atoms with E-state index in [4.69, 9.17) is 11.6 Å². The van der Waals surface area contributed by atoms with E-state index in [9.17, 15) is 4.79 Å². The van der Waals surface area contributed by atoms with Gasteiger partial charge in [-0.05, 0) is 23.6 Å². The smallest absolute Gasteiger partial charge is 0.127 e. The molecule has 0 aliphatic rings. The number of carbonyl (C=O) groups excluding carboxylic acids is 1. The number of rotatable bonds is 3. The van der Waals surface area contributed by atoms with Crippen LogP contribution in [0.15, 0.2) is 18.2 Å². The molecule has 13 heavy (non-hydrogen) atoms. The number of hydrogen-bond acceptors (Lipinski definition) is 1. The SMILES string of the molecule is Cc1ccc(CCl)cc1C(C)C=O. The third-order valence-corrected chi connectivity index (χ3v) is 2.50. The van der Waals surface area contributed by atoms with Gasteiger partial charge in [0.15, 0.2) is 0 Å². The van der Waals surface area contributed by atoms with Gasteiger partial charge in [-0.1, -0.05) is 25.1 Å². The maximum absolute atomic E-state index is 10.6. The molecule has 0 amide bonds. The van der Waals surface area contributed by atoms with Gasteiger partial charge in [0.25, 0.3) is 0 Å². The number of carbonyl (C=O) groups is 1. The summed E-state index contributed by atoms with van der Waals surface area (Å²) in [4.78, 5) is 10.6. The first-order valence-corrected chi connectivity index (χ1v) is 4.83. The van der Waals surface area contributed by atoms with E-state index >= 15 is 0 Å². The number of benzene rings is 1. The van der Waals surface area contributed by atoms with Gasteiger partial charge < -0.3 is 4.79 Å². The van der Waals surface area contributed by atoms with Gasteiger partial charge in [0, 0.05) is 11.8 Å². The van der Waals surface area contributed by atoms with E-state index < -0.39 is 0 Å². The van der Waals surface area contributed by atoms with Crippen molar-refractivity contribution < 1.29 is 4.79 Å². The highest BCUT2D eigenvalue weighted by molar-refractivity contribution is 6.17. The van der Waals surface area contributed by atoms with Gasteiger partial charge >= 0.3 is 0 Å². The van der Waals surface area contributed by atoms with Gasteiger partial charge in [0.1, 0.15) is 6.29 Å². The van der Waals surface area contributed by atoms with Gasteiger partial charge in [0.2, 0.25) is 0 Å². The molecule has 1 unspecified atom stereocenters. The third-order valence-electron chi connectivity index (χ3n) is 2.19. The van der Waals surface area contributed by atoms with Gasteiger partial charge in [0.05, 0.1) is 0 Å². The fraction of sp³-hybridized carbons (Fsp3) is 0.364. The van der Waals surface area contributed by atoms with Crippen LogP contribution in [0.4, 0.5) is 0 Å². The van der Waals surface area contributed by atoms with Crippen LogP contribution in [0.3, 0.4) is 0 Å². The van der Waals surface area contributed by atoms with E-state index in [-0.39, 0.29) is 5.92 Å². The zero-order valence-electron chi connectivity index (χ0n) is 7.88. The summed E-state index contributed by atoms with van der Waals surface area (Å²) in [6.45, 7) is 3.90. The lowest BCUT2D eigenvalue weighted by Gasteiger charge is -2.09. The molecule has 0 saturated carbocycles. The van der Waals surface area contributed by atoms with Crippen LogP contribution < -0.4 is 0 Å². The minimum atomic E-state index is -0.0387. The molecule has 0 fully saturated rings. The average molecular weight is 197 g/mol. The Labute approximate surface area is 83.7 Å². The lowest BCUT2D eigenvalue weighted by molar-refractivity contribution is -0.108. The van der Waals surface area contributed by atoms with E-state index in [0.29, 0.717) is 5.88 Å². The zero-order chi connectivity index (χ0) is 9.84. The monoisotopic (exact) mass is 196 g/mol. The summed E-state index contributed by atoms with van der Waals surface area (Å²) in [5.41, 5.74) is 3.29. The van der Waals surface area contributed by atoms with E-state index in [1.54, 1.807) is 0 Å². The molecule has 0 aromatic heterocycles. The molecular formula is C11H13ClO. The van der Waals surface area contributed by atoms with Gasteiger partial charge in [-0.3, -0.25) is 0 Å². The average Bonchev–Trinajstić information content (AvgIpc) is 2.17. The molecule has 1 atom stereocenters. The maximum Gasteiger partial charge on any atom is 0.127 e. The highest BCUT2D eigenvalue weighted by Crippen LogP contribution is 2.20. The van der Waals surface area contributed by atoms with Gasteiger partial charge in [-0.25, -0.2) is 0 Å². The molecule has 1 nitrogen and oxygen atoms in total. The Morgan fingerprint density at radius 2 is 2.23 bits per heavy atom. The van der Waals surface area contributed by atoms with Crippen LogP contribution in [-0.4, -0.2) is 6.29 Å². The molecule has 0 aliphatic carbocycles. The van der Waals surface area contributed by atoms with Crippen molar-refractivity contribution in [2.24, 2.45) is 0 Å². The highest BCUT2D eigenvalue weighted by atomic mass is 35.5. The summed E-state index contributed by atoms with van der Waals surface area (Å²) in [6.07, 6.45) is 0.959. The molecule has 0 radical (unpaired) electrons. The number of hydrogen-bond donors (Lipinski definition) is 0. The van der Waals surface area contributed by atoms with E-state index in [1.165, 1.54) is 0 Å². The molecule has 1 aromatic rings. The number of aryl methyl sites for hydroxylation is 1. The van der Waals surface area contributed by atoms with Crippen LogP contribution >= 0.6 is 11.6 Å². The molecular weight excluding hydrogens is 184 g/mol. The number of aldehydes is 1. The second kappa shape index (κ2) is 4.43. The van der Waals surface area contributed by atoms with Crippen LogP contribution in [-0.2, 0) is 10.7 Å². The van der Waals surface area contributed by atoms with E-state index in [0.717, 1.165) is 23.0 Å². The minimum Gasteiger partial charge on any atom is -0.303 e. The van der Waals surface area contributed by atoms with Crippen LogP contribution in [0.2, 0.25) is 0 Å². The van der Waals surface area contributed by atoms with Crippen molar-refractivity contribution in [3.8, 4) is 0 Å². The minimum absolute atomic E-state index is 0.0387. The molecule has 2 heteroatoms. The summed E-state index contributed by atoms with van der Waals surface area (Å²) in [7, 11) is 0. The first-order valence-electron chi connectivity index (χ1n) is 4.29. The topological polar surface area (TPSA) is 17.1 Å². The Morgan fingerprint density at radius 1 is 1.54 bits per heavy atom. The predicted octanol–water partition coefficient (Wildman–Crippen LogP) is 3.04. The molecule has 0 N–H and O–H groups in total. The van der Waals surface area contributed by atoms with E-state index in [2.05, 4.69) is 0 Å². The fourth-order valence-electron chi connectivity index (χ4n) is 1.34. The Kier molecular flexibility index (Phi) is 3.49. The largest absolute Gasteiger partial charge is 0.303 e. The molecule has 0 heterocycles. The quantitative estimate of drug-likeness (QED) is 0.537.